The standard InChI is InChI=1S/C37H38Cl2FN7O4/c1-37(50)14-23(15-37)42-18-30-45-47-19-21(13-29(47)36(49)46(30)2)24-6-4-7-25(32(24)38)26-8-5-9-27(33(26)39)34-28(40)12-20(35(44-34)51-3)16-41-17-22-10-11-31(48)43-22/h4-9,12-13,19,22-23,41-42,50H,10-11,14-18H2,1-3H3,(H,43,48)/t22-,23?,37?/m1/s1. The number of carbonyl (C=O) groups is 1. The van der Waals surface area contributed by atoms with Crippen molar-refractivity contribution in [1.82, 2.24) is 35.1 Å². The van der Waals surface area contributed by atoms with Crippen LogP contribution >= 0.6 is 23.2 Å². The lowest BCUT2D eigenvalue weighted by molar-refractivity contribution is -0.119. The smallest absolute Gasteiger partial charge is 0.277 e. The number of nitrogens with zero attached hydrogens (tertiary/aromatic N) is 4. The largest absolute Gasteiger partial charge is 0.481 e. The van der Waals surface area contributed by atoms with Crippen molar-refractivity contribution in [3.8, 4) is 39.4 Å². The van der Waals surface area contributed by atoms with Crippen LogP contribution < -0.4 is 26.2 Å². The van der Waals surface area contributed by atoms with Gasteiger partial charge in [0.25, 0.3) is 5.56 Å². The zero-order valence-corrected chi connectivity index (χ0v) is 29.9. The number of aromatic nitrogens is 4. The van der Waals surface area contributed by atoms with Gasteiger partial charge < -0.3 is 25.8 Å². The first-order valence-corrected chi connectivity index (χ1v) is 17.5. The number of methoxy groups -OCH3 is 1. The number of hydrogen-bond donors (Lipinski definition) is 4. The summed E-state index contributed by atoms with van der Waals surface area (Å²) in [4.78, 5) is 29.4. The number of rotatable bonds is 11. The normalized spacial score (nSPS) is 20.1. The molecule has 0 spiro atoms. The van der Waals surface area contributed by atoms with E-state index in [9.17, 15) is 14.7 Å². The second-order valence-electron chi connectivity index (χ2n) is 13.6. The van der Waals surface area contributed by atoms with E-state index in [0.717, 1.165) is 6.42 Å². The van der Waals surface area contributed by atoms with Gasteiger partial charge >= 0.3 is 0 Å². The van der Waals surface area contributed by atoms with Crippen LogP contribution in [0.5, 0.6) is 5.88 Å². The Morgan fingerprint density at radius 1 is 1.06 bits per heavy atom. The number of carbonyl (C=O) groups excluding carboxylic acids is 1. The molecule has 3 aromatic heterocycles. The number of nitrogens with one attached hydrogen (secondary N) is 3. The maximum Gasteiger partial charge on any atom is 0.277 e. The number of ether oxygens (including phenoxy) is 1. The molecule has 0 bridgehead atoms. The van der Waals surface area contributed by atoms with E-state index in [1.165, 1.54) is 17.7 Å². The van der Waals surface area contributed by atoms with Gasteiger partial charge in [0, 0.05) is 78.2 Å². The van der Waals surface area contributed by atoms with E-state index in [4.69, 9.17) is 33.0 Å². The van der Waals surface area contributed by atoms with Crippen LogP contribution in [0, 0.1) is 5.82 Å². The Bertz CT molecular complexity index is 2210. The van der Waals surface area contributed by atoms with Crippen molar-refractivity contribution >= 4 is 34.6 Å². The lowest BCUT2D eigenvalue weighted by atomic mass is 9.77. The van der Waals surface area contributed by atoms with Gasteiger partial charge in [0.1, 0.15) is 22.9 Å². The van der Waals surface area contributed by atoms with E-state index < -0.39 is 11.4 Å². The average molecular weight is 735 g/mol. The summed E-state index contributed by atoms with van der Waals surface area (Å²) in [7, 11) is 3.17. The quantitative estimate of drug-likeness (QED) is 0.145. The Kier molecular flexibility index (Phi) is 9.63. The Morgan fingerprint density at radius 3 is 2.41 bits per heavy atom. The van der Waals surface area contributed by atoms with Gasteiger partial charge in [-0.15, -0.1) is 0 Å². The molecule has 1 aliphatic heterocycles. The van der Waals surface area contributed by atoms with Gasteiger partial charge in [-0.1, -0.05) is 59.6 Å². The highest BCUT2D eigenvalue weighted by Crippen LogP contribution is 2.43. The number of benzene rings is 2. The SMILES string of the molecule is COc1nc(-c2cccc(-c3cccc(-c4cc5c(=O)n(C)c(CNC6CC(C)(O)C6)nn5c4)c3Cl)c2Cl)c(F)cc1CNC[C@H]1CCC(=O)N1. The van der Waals surface area contributed by atoms with Crippen LogP contribution in [0.25, 0.3) is 39.0 Å². The van der Waals surface area contributed by atoms with Crippen LogP contribution in [-0.4, -0.2) is 61.5 Å². The highest BCUT2D eigenvalue weighted by Gasteiger charge is 2.38. The van der Waals surface area contributed by atoms with E-state index in [0.29, 0.717) is 88.6 Å². The number of hydrogen-bond acceptors (Lipinski definition) is 8. The van der Waals surface area contributed by atoms with E-state index in [1.807, 2.05) is 25.1 Å². The molecule has 266 valence electrons. The van der Waals surface area contributed by atoms with Crippen LogP contribution in [0.2, 0.25) is 10.0 Å². The summed E-state index contributed by atoms with van der Waals surface area (Å²) in [6.07, 6.45) is 4.31. The van der Waals surface area contributed by atoms with Gasteiger partial charge in [-0.2, -0.15) is 5.10 Å². The van der Waals surface area contributed by atoms with Crippen LogP contribution in [0.4, 0.5) is 4.39 Å². The summed E-state index contributed by atoms with van der Waals surface area (Å²) in [6, 6.07) is 14.1. The molecule has 4 N–H and O–H groups in total. The molecule has 0 unspecified atom stereocenters. The van der Waals surface area contributed by atoms with Gasteiger partial charge in [-0.05, 0) is 38.3 Å². The fraction of sp³-hybridized carbons (Fsp3) is 0.351. The molecule has 1 saturated carbocycles. The van der Waals surface area contributed by atoms with Crippen LogP contribution in [0.15, 0.2) is 59.5 Å². The molecule has 4 heterocycles. The fourth-order valence-electron chi connectivity index (χ4n) is 6.96. The third-order valence-corrected chi connectivity index (χ3v) is 10.5. The number of amides is 1. The summed E-state index contributed by atoms with van der Waals surface area (Å²) >= 11 is 14.1. The molecule has 2 aliphatic rings. The maximum atomic E-state index is 15.7. The van der Waals surface area contributed by atoms with Crippen LogP contribution in [0.1, 0.15) is 44.0 Å². The molecule has 5 aromatic rings. The molecule has 51 heavy (non-hydrogen) atoms. The molecule has 1 saturated heterocycles. The summed E-state index contributed by atoms with van der Waals surface area (Å²) in [6.45, 7) is 3.04. The zero-order valence-electron chi connectivity index (χ0n) is 28.4. The monoisotopic (exact) mass is 733 g/mol. The third kappa shape index (κ3) is 6.98. The topological polar surface area (TPSA) is 135 Å². The molecule has 0 radical (unpaired) electrons. The van der Waals surface area contributed by atoms with E-state index in [-0.39, 0.29) is 40.1 Å². The van der Waals surface area contributed by atoms with Gasteiger partial charge in [-0.3, -0.25) is 14.2 Å². The van der Waals surface area contributed by atoms with Gasteiger partial charge in [0.2, 0.25) is 11.8 Å². The molecule has 1 amide bonds. The molecular weight excluding hydrogens is 696 g/mol. The first-order chi connectivity index (χ1) is 24.4. The first kappa shape index (κ1) is 35.1. The number of fused-ring (bicyclic) bond motifs is 1. The first-order valence-electron chi connectivity index (χ1n) is 16.8. The van der Waals surface area contributed by atoms with Crippen LogP contribution in [-0.2, 0) is 24.9 Å². The fourth-order valence-corrected chi connectivity index (χ4v) is 7.61. The maximum absolute atomic E-state index is 15.7. The van der Waals surface area contributed by atoms with Gasteiger partial charge in [0.15, 0.2) is 0 Å². The number of pyridine rings is 1. The van der Waals surface area contributed by atoms with Crippen molar-refractivity contribution < 1.29 is 19.0 Å². The Labute approximate surface area is 303 Å². The van der Waals surface area contributed by atoms with Crippen molar-refractivity contribution in [1.29, 1.82) is 0 Å². The highest BCUT2D eigenvalue weighted by molar-refractivity contribution is 6.39. The van der Waals surface area contributed by atoms with Crippen molar-refractivity contribution in [2.75, 3.05) is 13.7 Å². The molecule has 14 heteroatoms. The van der Waals surface area contributed by atoms with Gasteiger partial charge in [0.05, 0.1) is 29.3 Å². The molecule has 1 aliphatic carbocycles. The molecule has 7 rings (SSSR count). The van der Waals surface area contributed by atoms with E-state index >= 15 is 4.39 Å². The lowest BCUT2D eigenvalue weighted by Crippen LogP contribution is -2.51. The third-order valence-electron chi connectivity index (χ3n) is 9.71. The summed E-state index contributed by atoms with van der Waals surface area (Å²) in [5.41, 5.74) is 3.02. The van der Waals surface area contributed by atoms with Crippen molar-refractivity contribution in [2.45, 2.75) is 63.4 Å². The predicted molar refractivity (Wildman–Crippen MR) is 194 cm³/mol. The Hall–Kier alpha value is -4.33. The minimum atomic E-state index is -0.655. The van der Waals surface area contributed by atoms with E-state index in [1.54, 1.807) is 42.0 Å². The summed E-state index contributed by atoms with van der Waals surface area (Å²) in [5, 5.41) is 24.9. The lowest BCUT2D eigenvalue weighted by Gasteiger charge is -2.41. The van der Waals surface area contributed by atoms with E-state index in [2.05, 4.69) is 20.9 Å². The summed E-state index contributed by atoms with van der Waals surface area (Å²) < 4.78 is 24.3. The van der Waals surface area contributed by atoms with Gasteiger partial charge in [-0.25, -0.2) is 13.9 Å². The second-order valence-corrected chi connectivity index (χ2v) is 14.3. The molecule has 2 fully saturated rings. The van der Waals surface area contributed by atoms with Crippen molar-refractivity contribution in [3.63, 3.8) is 0 Å². The summed E-state index contributed by atoms with van der Waals surface area (Å²) in [5.74, 6) is 0.285. The molecule has 1 atom stereocenters. The predicted octanol–water partition coefficient (Wildman–Crippen LogP) is 5.25. The Morgan fingerprint density at radius 2 is 1.75 bits per heavy atom. The number of halogens is 3. The van der Waals surface area contributed by atoms with Crippen molar-refractivity contribution in [3.05, 3.63) is 92.3 Å². The number of aliphatic hydroxyl groups is 1. The Balaban J connectivity index is 1.16. The second kappa shape index (κ2) is 14.0. The minimum absolute atomic E-state index is 0.0333. The zero-order chi connectivity index (χ0) is 36.0. The minimum Gasteiger partial charge on any atom is -0.481 e. The molecular formula is C37H38Cl2FN7O4. The molecule has 2 aromatic carbocycles. The van der Waals surface area contributed by atoms with Crippen LogP contribution in [0.3, 0.4) is 0 Å². The average Bonchev–Trinajstić information content (AvgIpc) is 3.71. The van der Waals surface area contributed by atoms with Crippen molar-refractivity contribution in [2.24, 2.45) is 7.05 Å². The highest BCUT2D eigenvalue weighted by atomic mass is 35.5. The molecule has 11 nitrogen and oxygen atoms in total.